The van der Waals surface area contributed by atoms with Crippen molar-refractivity contribution in [1.82, 2.24) is 4.98 Å². The molecule has 0 aromatic carbocycles. The van der Waals surface area contributed by atoms with Crippen molar-refractivity contribution in [1.29, 1.82) is 0 Å². The monoisotopic (exact) mass is 125 g/mol. The van der Waals surface area contributed by atoms with E-state index in [1.54, 1.807) is 0 Å². The van der Waals surface area contributed by atoms with Crippen LogP contribution in [0.4, 0.5) is 0 Å². The van der Waals surface area contributed by atoms with Gasteiger partial charge < -0.3 is 0 Å². The number of hydrogen-bond acceptors (Lipinski definition) is 0. The van der Waals surface area contributed by atoms with E-state index in [4.69, 9.17) is 0 Å². The highest BCUT2D eigenvalue weighted by Gasteiger charge is 2.01. The molecular weight excluding hydrogens is 112 g/mol. The van der Waals surface area contributed by atoms with E-state index in [9.17, 15) is 0 Å². The van der Waals surface area contributed by atoms with Crippen molar-refractivity contribution < 1.29 is 4.57 Å². The first kappa shape index (κ1) is 6.33. The molecule has 1 heterocycles. The first-order valence-corrected chi connectivity index (χ1v) is 3.43. The average molecular weight is 125 g/mol. The molecule has 0 saturated heterocycles. The Morgan fingerprint density at radius 2 is 2.33 bits per heavy atom. The molecule has 0 bridgehead atoms. The summed E-state index contributed by atoms with van der Waals surface area (Å²) in [4.78, 5) is 3.06. The molecule has 9 heavy (non-hydrogen) atoms. The molecule has 0 atom stereocenters. The highest BCUT2D eigenvalue weighted by molar-refractivity contribution is 4.83. The molecule has 0 aliphatic carbocycles. The van der Waals surface area contributed by atoms with Gasteiger partial charge in [0.2, 0.25) is 6.33 Å². The second-order valence-electron chi connectivity index (χ2n) is 2.07. The summed E-state index contributed by atoms with van der Waals surface area (Å²) >= 11 is 0. The third-order valence-electron chi connectivity index (χ3n) is 1.55. The largest absolute Gasteiger partial charge is 0.250 e. The van der Waals surface area contributed by atoms with Gasteiger partial charge in [-0.05, 0) is 6.92 Å². The van der Waals surface area contributed by atoms with Crippen LogP contribution in [0, 0.1) is 0 Å². The van der Waals surface area contributed by atoms with E-state index in [2.05, 4.69) is 23.4 Å². The topological polar surface area (TPSA) is 19.7 Å². The van der Waals surface area contributed by atoms with E-state index in [1.165, 1.54) is 5.69 Å². The standard InChI is InChI=1S/C7H12N2/c1-3-7-5-8-6-9(7)4-2/h5-6H,3-4H2,1-2H3/p+1. The van der Waals surface area contributed by atoms with Gasteiger partial charge in [-0.1, -0.05) is 6.92 Å². The second-order valence-corrected chi connectivity index (χ2v) is 2.07. The summed E-state index contributed by atoms with van der Waals surface area (Å²) in [5.74, 6) is 0. The van der Waals surface area contributed by atoms with Crippen molar-refractivity contribution in [3.8, 4) is 0 Å². The van der Waals surface area contributed by atoms with Crippen LogP contribution in [0.3, 0.4) is 0 Å². The molecule has 50 valence electrons. The van der Waals surface area contributed by atoms with Gasteiger partial charge in [0.25, 0.3) is 0 Å². The van der Waals surface area contributed by atoms with Crippen LogP contribution in [0.1, 0.15) is 19.5 Å². The number of aromatic amines is 1. The first-order chi connectivity index (χ1) is 4.38. The van der Waals surface area contributed by atoms with E-state index >= 15 is 0 Å². The van der Waals surface area contributed by atoms with Crippen LogP contribution < -0.4 is 4.57 Å². The van der Waals surface area contributed by atoms with Crippen LogP contribution in [0.15, 0.2) is 12.5 Å². The van der Waals surface area contributed by atoms with Crippen molar-refractivity contribution in [3.05, 3.63) is 18.2 Å². The van der Waals surface area contributed by atoms with Crippen LogP contribution in [0.2, 0.25) is 0 Å². The summed E-state index contributed by atoms with van der Waals surface area (Å²) in [5, 5.41) is 0. The van der Waals surface area contributed by atoms with Crippen molar-refractivity contribution in [2.45, 2.75) is 26.8 Å². The molecule has 1 rings (SSSR count). The van der Waals surface area contributed by atoms with E-state index in [1.807, 2.05) is 12.5 Å². The molecule has 0 aliphatic rings. The number of rotatable bonds is 2. The molecule has 1 aromatic heterocycles. The highest BCUT2D eigenvalue weighted by Crippen LogP contribution is 1.87. The lowest BCUT2D eigenvalue weighted by molar-refractivity contribution is -0.699. The molecule has 0 amide bonds. The number of imidazole rings is 1. The Balaban J connectivity index is 2.85. The lowest BCUT2D eigenvalue weighted by Crippen LogP contribution is -2.33. The zero-order chi connectivity index (χ0) is 6.69. The van der Waals surface area contributed by atoms with Gasteiger partial charge in [-0.3, -0.25) is 0 Å². The second kappa shape index (κ2) is 2.67. The number of aromatic nitrogens is 2. The number of H-pyrrole nitrogens is 1. The molecule has 0 radical (unpaired) electrons. The van der Waals surface area contributed by atoms with Gasteiger partial charge in [-0.2, -0.15) is 0 Å². The van der Waals surface area contributed by atoms with E-state index in [-0.39, 0.29) is 0 Å². The number of aryl methyl sites for hydroxylation is 2. The molecule has 0 saturated carbocycles. The van der Waals surface area contributed by atoms with Gasteiger partial charge in [0.05, 0.1) is 6.54 Å². The molecule has 2 nitrogen and oxygen atoms in total. The zero-order valence-electron chi connectivity index (χ0n) is 6.02. The Kier molecular flexibility index (Phi) is 1.88. The third kappa shape index (κ3) is 1.12. The third-order valence-corrected chi connectivity index (χ3v) is 1.55. The predicted molar refractivity (Wildman–Crippen MR) is 36.0 cm³/mol. The maximum absolute atomic E-state index is 3.06. The number of nitrogens with one attached hydrogen (secondary N) is 1. The van der Waals surface area contributed by atoms with E-state index in [0.717, 1.165) is 13.0 Å². The van der Waals surface area contributed by atoms with Gasteiger partial charge in [0.15, 0.2) is 0 Å². The SMILES string of the molecule is CCc1c[nH]c[n+]1CC. The van der Waals surface area contributed by atoms with E-state index < -0.39 is 0 Å². The Hall–Kier alpha value is -0.790. The highest BCUT2D eigenvalue weighted by atomic mass is 15.0. The van der Waals surface area contributed by atoms with Gasteiger partial charge >= 0.3 is 0 Å². The van der Waals surface area contributed by atoms with Crippen LogP contribution >= 0.6 is 0 Å². The van der Waals surface area contributed by atoms with Crippen molar-refractivity contribution in [2.24, 2.45) is 0 Å². The predicted octanol–water partition coefficient (Wildman–Crippen LogP) is 0.885. The van der Waals surface area contributed by atoms with Gasteiger partial charge in [0.1, 0.15) is 11.9 Å². The van der Waals surface area contributed by atoms with Crippen molar-refractivity contribution in [3.63, 3.8) is 0 Å². The summed E-state index contributed by atoms with van der Waals surface area (Å²) in [6.07, 6.45) is 5.15. The van der Waals surface area contributed by atoms with Crippen molar-refractivity contribution >= 4 is 0 Å². The minimum absolute atomic E-state index is 1.06. The smallest absolute Gasteiger partial charge is 0.241 e. The summed E-state index contributed by atoms with van der Waals surface area (Å²) < 4.78 is 2.21. The van der Waals surface area contributed by atoms with Gasteiger partial charge in [0, 0.05) is 6.42 Å². The van der Waals surface area contributed by atoms with Gasteiger partial charge in [-0.15, -0.1) is 0 Å². The molecule has 1 N–H and O–H groups in total. The molecule has 0 fully saturated rings. The van der Waals surface area contributed by atoms with E-state index in [0.29, 0.717) is 0 Å². The quantitative estimate of drug-likeness (QED) is 0.566. The van der Waals surface area contributed by atoms with Crippen LogP contribution in [0.5, 0.6) is 0 Å². The normalized spacial score (nSPS) is 10.0. The molecule has 0 aliphatic heterocycles. The molecular formula is C7H13N2+. The lowest BCUT2D eigenvalue weighted by atomic mass is 10.4. The molecule has 0 spiro atoms. The minimum atomic E-state index is 1.06. The number of nitrogens with zero attached hydrogens (tertiary/aromatic N) is 1. The number of hydrogen-bond donors (Lipinski definition) is 1. The Labute approximate surface area is 55.5 Å². The Morgan fingerprint density at radius 3 is 2.78 bits per heavy atom. The first-order valence-electron chi connectivity index (χ1n) is 3.43. The molecule has 1 aromatic rings. The fourth-order valence-electron chi connectivity index (χ4n) is 0.989. The fourth-order valence-corrected chi connectivity index (χ4v) is 0.989. The van der Waals surface area contributed by atoms with Gasteiger partial charge in [-0.25, -0.2) is 9.55 Å². The molecule has 0 unspecified atom stereocenters. The Bertz CT molecular complexity index is 160. The minimum Gasteiger partial charge on any atom is -0.250 e. The van der Waals surface area contributed by atoms with Crippen LogP contribution in [-0.4, -0.2) is 4.98 Å². The summed E-state index contributed by atoms with van der Waals surface area (Å²) in [6, 6.07) is 0. The summed E-state index contributed by atoms with van der Waals surface area (Å²) in [6.45, 7) is 5.37. The maximum atomic E-state index is 3.06. The summed E-state index contributed by atoms with van der Waals surface area (Å²) in [5.41, 5.74) is 1.37. The zero-order valence-corrected chi connectivity index (χ0v) is 6.02. The fraction of sp³-hybridized carbons (Fsp3) is 0.571. The molecule has 2 heteroatoms. The average Bonchev–Trinajstić information content (AvgIpc) is 2.33. The lowest BCUT2D eigenvalue weighted by Gasteiger charge is -1.90. The van der Waals surface area contributed by atoms with Crippen LogP contribution in [-0.2, 0) is 13.0 Å². The Morgan fingerprint density at radius 1 is 1.56 bits per heavy atom. The van der Waals surface area contributed by atoms with Crippen molar-refractivity contribution in [2.75, 3.05) is 0 Å². The van der Waals surface area contributed by atoms with Crippen LogP contribution in [0.25, 0.3) is 0 Å². The summed E-state index contributed by atoms with van der Waals surface area (Å²) in [7, 11) is 0. The maximum Gasteiger partial charge on any atom is 0.241 e.